The number of nitriles is 1. The molecule has 6 rings (SSSR count). The number of amides is 1. The highest BCUT2D eigenvalue weighted by Gasteiger charge is 2.41. The quantitative estimate of drug-likeness (QED) is 0.456. The fourth-order valence-electron chi connectivity index (χ4n) is 5.38. The van der Waals surface area contributed by atoms with Gasteiger partial charge >= 0.3 is 0 Å². The van der Waals surface area contributed by atoms with Crippen molar-refractivity contribution < 1.29 is 14.3 Å². The summed E-state index contributed by atoms with van der Waals surface area (Å²) in [7, 11) is 0. The van der Waals surface area contributed by atoms with Gasteiger partial charge in [-0.2, -0.15) is 10.4 Å². The molecule has 188 valence electrons. The van der Waals surface area contributed by atoms with Crippen LogP contribution in [0.4, 0.5) is 10.1 Å². The summed E-state index contributed by atoms with van der Waals surface area (Å²) in [5.74, 6) is 0.352. The largest absolute Gasteiger partial charge is 0.387 e. The van der Waals surface area contributed by atoms with Crippen molar-refractivity contribution in [2.45, 2.75) is 69.7 Å². The number of pyridine rings is 1. The molecule has 1 amide bonds. The summed E-state index contributed by atoms with van der Waals surface area (Å²) in [4.78, 5) is 17.7. The van der Waals surface area contributed by atoms with Crippen LogP contribution in [0.25, 0.3) is 16.9 Å². The van der Waals surface area contributed by atoms with Gasteiger partial charge in [-0.1, -0.05) is 0 Å². The SMILES string of the molecule is CC(C)(O)C(F)CNC(=O)c1cnc(-c2ccc3cc(C#N)cnn23)cc1NC12CCC(CC1)CC2. The van der Waals surface area contributed by atoms with Crippen molar-refractivity contribution in [2.24, 2.45) is 5.92 Å². The minimum atomic E-state index is -1.60. The maximum absolute atomic E-state index is 14.3. The first kappa shape index (κ1) is 24.2. The number of nitrogens with zero attached hydrogens (tertiary/aromatic N) is 4. The number of nitrogens with one attached hydrogen (secondary N) is 2. The van der Waals surface area contributed by atoms with Crippen LogP contribution >= 0.6 is 0 Å². The molecule has 3 aromatic heterocycles. The number of hydrogen-bond donors (Lipinski definition) is 3. The van der Waals surface area contributed by atoms with E-state index in [0.717, 1.165) is 36.4 Å². The van der Waals surface area contributed by atoms with Gasteiger partial charge in [-0.05, 0) is 82.6 Å². The maximum Gasteiger partial charge on any atom is 0.255 e. The van der Waals surface area contributed by atoms with Crippen molar-refractivity contribution in [3.05, 3.63) is 47.8 Å². The first-order valence-electron chi connectivity index (χ1n) is 12.5. The van der Waals surface area contributed by atoms with E-state index in [9.17, 15) is 19.6 Å². The number of hydrogen-bond acceptors (Lipinski definition) is 6. The standard InChI is InChI=1S/C27H31FN6O2/c1-26(2,36)24(28)16-31-25(35)20-15-30-22(23-4-3-19-11-18(13-29)14-32-34(19)23)12-21(20)33-27-8-5-17(6-9-27)7-10-27/h3-4,11-12,14-15,17,24,36H,5-10,16H2,1-2H3,(H,30,33)(H,31,35). The zero-order chi connectivity index (χ0) is 25.5. The van der Waals surface area contributed by atoms with Crippen molar-refractivity contribution in [3.63, 3.8) is 0 Å². The molecule has 9 heteroatoms. The van der Waals surface area contributed by atoms with Crippen LogP contribution in [0.15, 0.2) is 36.7 Å². The van der Waals surface area contributed by atoms with Gasteiger partial charge in [-0.15, -0.1) is 0 Å². The van der Waals surface area contributed by atoms with Crippen LogP contribution in [-0.4, -0.2) is 49.5 Å². The minimum absolute atomic E-state index is 0.0701. The fraction of sp³-hybridized carbons (Fsp3) is 0.481. The molecule has 3 saturated carbocycles. The molecule has 36 heavy (non-hydrogen) atoms. The van der Waals surface area contributed by atoms with Gasteiger partial charge in [0.15, 0.2) is 0 Å². The Morgan fingerprint density at radius 2 is 2.00 bits per heavy atom. The molecule has 2 bridgehead atoms. The first-order chi connectivity index (χ1) is 17.2. The second-order valence-electron chi connectivity index (χ2n) is 10.7. The Labute approximate surface area is 209 Å². The highest BCUT2D eigenvalue weighted by molar-refractivity contribution is 6.00. The summed E-state index contributed by atoms with van der Waals surface area (Å²) in [6, 6.07) is 9.47. The van der Waals surface area contributed by atoms with E-state index < -0.39 is 17.7 Å². The van der Waals surface area contributed by atoms with E-state index >= 15 is 0 Å². The zero-order valence-electron chi connectivity index (χ0n) is 20.6. The van der Waals surface area contributed by atoms with Crippen LogP contribution in [0.5, 0.6) is 0 Å². The summed E-state index contributed by atoms with van der Waals surface area (Å²) in [5, 5.41) is 29.8. The van der Waals surface area contributed by atoms with Gasteiger partial charge in [0.05, 0.1) is 52.1 Å². The smallest absolute Gasteiger partial charge is 0.255 e. The third-order valence-electron chi connectivity index (χ3n) is 7.74. The van der Waals surface area contributed by atoms with Gasteiger partial charge in [0.2, 0.25) is 0 Å². The molecule has 3 N–H and O–H groups in total. The Morgan fingerprint density at radius 1 is 1.28 bits per heavy atom. The van der Waals surface area contributed by atoms with Gasteiger partial charge in [0, 0.05) is 11.7 Å². The maximum atomic E-state index is 14.3. The first-order valence-corrected chi connectivity index (χ1v) is 12.5. The molecule has 1 unspecified atom stereocenters. The predicted molar refractivity (Wildman–Crippen MR) is 134 cm³/mol. The van der Waals surface area contributed by atoms with Gasteiger partial charge in [0.1, 0.15) is 12.2 Å². The molecule has 8 nitrogen and oxygen atoms in total. The van der Waals surface area contributed by atoms with Gasteiger partial charge in [-0.3, -0.25) is 9.78 Å². The molecule has 3 fully saturated rings. The van der Waals surface area contributed by atoms with Crippen molar-refractivity contribution in [1.82, 2.24) is 19.9 Å². The van der Waals surface area contributed by atoms with Crippen LogP contribution in [0.2, 0.25) is 0 Å². The fourth-order valence-corrected chi connectivity index (χ4v) is 5.38. The summed E-state index contributed by atoms with van der Waals surface area (Å²) in [5.41, 5.74) is 1.98. The molecule has 3 heterocycles. The molecular weight excluding hydrogens is 459 g/mol. The molecule has 0 aliphatic heterocycles. The lowest BCUT2D eigenvalue weighted by molar-refractivity contribution is -0.00177. The number of halogens is 1. The summed E-state index contributed by atoms with van der Waals surface area (Å²) in [6.45, 7) is 2.45. The molecule has 0 saturated heterocycles. The Morgan fingerprint density at radius 3 is 2.67 bits per heavy atom. The van der Waals surface area contributed by atoms with E-state index in [1.807, 2.05) is 18.2 Å². The average molecular weight is 491 g/mol. The molecule has 3 aliphatic rings. The number of carbonyl (C=O) groups is 1. The van der Waals surface area contributed by atoms with E-state index in [1.54, 1.807) is 10.6 Å². The third kappa shape index (κ3) is 4.65. The number of aliphatic hydroxyl groups is 1. The molecule has 1 atom stereocenters. The highest BCUT2D eigenvalue weighted by atomic mass is 19.1. The number of aromatic nitrogens is 3. The van der Waals surface area contributed by atoms with Crippen LogP contribution in [0.1, 0.15) is 68.3 Å². The van der Waals surface area contributed by atoms with Crippen molar-refractivity contribution in [3.8, 4) is 17.5 Å². The Kier molecular flexibility index (Phi) is 6.17. The normalized spacial score (nSPS) is 22.2. The Balaban J connectivity index is 1.49. The number of rotatable bonds is 7. The van der Waals surface area contributed by atoms with Crippen molar-refractivity contribution >= 4 is 17.1 Å². The van der Waals surface area contributed by atoms with Crippen LogP contribution < -0.4 is 10.6 Å². The van der Waals surface area contributed by atoms with Crippen LogP contribution in [0.3, 0.4) is 0 Å². The van der Waals surface area contributed by atoms with Crippen molar-refractivity contribution in [2.75, 3.05) is 11.9 Å². The molecular formula is C27H31FN6O2. The highest BCUT2D eigenvalue weighted by Crippen LogP contribution is 2.46. The molecule has 3 aromatic rings. The molecule has 0 spiro atoms. The summed E-state index contributed by atoms with van der Waals surface area (Å²) < 4.78 is 16.0. The van der Waals surface area contributed by atoms with Gasteiger partial charge in [-0.25, -0.2) is 8.91 Å². The average Bonchev–Trinajstić information content (AvgIpc) is 3.30. The Hall–Kier alpha value is -3.51. The lowest BCUT2D eigenvalue weighted by atomic mass is 9.65. The number of fused-ring (bicyclic) bond motifs is 4. The zero-order valence-corrected chi connectivity index (χ0v) is 20.6. The van der Waals surface area contributed by atoms with E-state index in [-0.39, 0.29) is 12.1 Å². The molecule has 0 aromatic carbocycles. The van der Waals surface area contributed by atoms with Gasteiger partial charge < -0.3 is 15.7 Å². The topological polar surface area (TPSA) is 115 Å². The summed E-state index contributed by atoms with van der Waals surface area (Å²) >= 11 is 0. The lowest BCUT2D eigenvalue weighted by Crippen LogP contribution is -2.47. The van der Waals surface area contributed by atoms with Gasteiger partial charge in [0.25, 0.3) is 5.91 Å². The second-order valence-corrected chi connectivity index (χ2v) is 10.7. The number of alkyl halides is 1. The number of carbonyl (C=O) groups excluding carboxylic acids is 1. The third-order valence-corrected chi connectivity index (χ3v) is 7.74. The Bertz CT molecular complexity index is 1320. The monoisotopic (exact) mass is 490 g/mol. The van der Waals surface area contributed by atoms with E-state index in [4.69, 9.17) is 0 Å². The van der Waals surface area contributed by atoms with Crippen LogP contribution in [0, 0.1) is 17.2 Å². The van der Waals surface area contributed by atoms with E-state index in [1.165, 1.54) is 45.5 Å². The number of anilines is 1. The van der Waals surface area contributed by atoms with Crippen LogP contribution in [-0.2, 0) is 0 Å². The molecule has 3 aliphatic carbocycles. The minimum Gasteiger partial charge on any atom is -0.387 e. The van der Waals surface area contributed by atoms with E-state index in [2.05, 4.69) is 26.8 Å². The van der Waals surface area contributed by atoms with Crippen molar-refractivity contribution in [1.29, 1.82) is 5.26 Å². The molecule has 0 radical (unpaired) electrons. The second kappa shape index (κ2) is 9.17. The summed E-state index contributed by atoms with van der Waals surface area (Å²) in [6.07, 6.45) is 8.10. The van der Waals surface area contributed by atoms with E-state index in [0.29, 0.717) is 22.5 Å². The predicted octanol–water partition coefficient (Wildman–Crippen LogP) is 4.24. The lowest BCUT2D eigenvalue weighted by Gasteiger charge is -2.47.